The van der Waals surface area contributed by atoms with Gasteiger partial charge in [0.25, 0.3) is 0 Å². The van der Waals surface area contributed by atoms with E-state index in [0.717, 1.165) is 34.0 Å². The molecule has 0 aliphatic carbocycles. The number of aliphatic hydroxyl groups is 1. The van der Waals surface area contributed by atoms with Crippen molar-refractivity contribution in [3.8, 4) is 11.3 Å². The molecule has 0 amide bonds. The lowest BCUT2D eigenvalue weighted by atomic mass is 10.0. The number of benzene rings is 1. The number of aromatic nitrogens is 3. The molecule has 4 rings (SSSR count). The molecule has 4 N–H and O–H groups in total. The fourth-order valence-electron chi connectivity index (χ4n) is 3.55. The standard InChI is InChI=1S/C24H25N5O/c1-3-15-7-5-6-8-18(15)20-11-17-13-23(27-14-19(17)24(25)28-20)29-22-12-16(9-10-26-22)21(30)4-2/h5-14,21,30H,3-4H2,1-2H3,(H2,25,28)(H,26,27,29)/t21-/m1/s1. The van der Waals surface area contributed by atoms with Gasteiger partial charge in [0, 0.05) is 23.3 Å². The Morgan fingerprint density at radius 1 is 1.03 bits per heavy atom. The molecule has 0 aliphatic heterocycles. The van der Waals surface area contributed by atoms with Crippen LogP contribution in [0.2, 0.25) is 0 Å². The molecule has 0 spiro atoms. The van der Waals surface area contributed by atoms with Gasteiger partial charge >= 0.3 is 0 Å². The van der Waals surface area contributed by atoms with Gasteiger partial charge in [-0.1, -0.05) is 38.1 Å². The summed E-state index contributed by atoms with van der Waals surface area (Å²) in [5.41, 5.74) is 10.2. The molecule has 6 heteroatoms. The van der Waals surface area contributed by atoms with Crippen LogP contribution < -0.4 is 11.1 Å². The van der Waals surface area contributed by atoms with E-state index >= 15 is 0 Å². The van der Waals surface area contributed by atoms with Crippen molar-refractivity contribution in [3.05, 3.63) is 72.1 Å². The van der Waals surface area contributed by atoms with E-state index in [1.54, 1.807) is 12.4 Å². The third-order valence-electron chi connectivity index (χ3n) is 5.23. The Bertz CT molecular complexity index is 1190. The van der Waals surface area contributed by atoms with Crippen LogP contribution in [0, 0.1) is 0 Å². The topological polar surface area (TPSA) is 97.0 Å². The minimum Gasteiger partial charge on any atom is -0.388 e. The molecule has 1 aromatic carbocycles. The molecule has 3 aromatic heterocycles. The van der Waals surface area contributed by atoms with Crippen molar-refractivity contribution in [2.45, 2.75) is 32.8 Å². The summed E-state index contributed by atoms with van der Waals surface area (Å²) in [6.45, 7) is 4.07. The van der Waals surface area contributed by atoms with E-state index in [-0.39, 0.29) is 0 Å². The molecule has 3 heterocycles. The first kappa shape index (κ1) is 19.8. The zero-order chi connectivity index (χ0) is 21.1. The number of rotatable bonds is 6. The Kier molecular flexibility index (Phi) is 5.59. The SMILES string of the molecule is CCc1ccccc1-c1cc2cc(Nc3cc([C@H](O)CC)ccn3)ncc2c(N)n1. The summed E-state index contributed by atoms with van der Waals surface area (Å²) in [5, 5.41) is 15.1. The number of nitrogen functional groups attached to an aromatic ring is 1. The summed E-state index contributed by atoms with van der Waals surface area (Å²) in [4.78, 5) is 13.4. The Labute approximate surface area is 175 Å². The summed E-state index contributed by atoms with van der Waals surface area (Å²) < 4.78 is 0. The normalized spacial score (nSPS) is 12.1. The number of nitrogens with one attached hydrogen (secondary N) is 1. The van der Waals surface area contributed by atoms with Gasteiger partial charge in [-0.25, -0.2) is 15.0 Å². The van der Waals surface area contributed by atoms with Gasteiger partial charge in [-0.05, 0) is 53.6 Å². The van der Waals surface area contributed by atoms with E-state index < -0.39 is 6.10 Å². The Balaban J connectivity index is 1.72. The molecular formula is C24H25N5O. The molecule has 4 aromatic rings. The lowest BCUT2D eigenvalue weighted by Gasteiger charge is -2.12. The summed E-state index contributed by atoms with van der Waals surface area (Å²) in [6, 6.07) is 15.9. The van der Waals surface area contributed by atoms with Crippen molar-refractivity contribution in [3.63, 3.8) is 0 Å². The Morgan fingerprint density at radius 3 is 2.63 bits per heavy atom. The van der Waals surface area contributed by atoms with Crippen LogP contribution in [0.3, 0.4) is 0 Å². The molecule has 0 unspecified atom stereocenters. The molecule has 152 valence electrons. The van der Waals surface area contributed by atoms with E-state index in [2.05, 4.69) is 39.3 Å². The van der Waals surface area contributed by atoms with Gasteiger partial charge in [-0.2, -0.15) is 0 Å². The Morgan fingerprint density at radius 2 is 1.83 bits per heavy atom. The van der Waals surface area contributed by atoms with Gasteiger partial charge in [0.15, 0.2) is 0 Å². The van der Waals surface area contributed by atoms with Gasteiger partial charge in [0.2, 0.25) is 0 Å². The number of hydrogen-bond acceptors (Lipinski definition) is 6. The van der Waals surface area contributed by atoms with Crippen molar-refractivity contribution in [2.75, 3.05) is 11.1 Å². The maximum atomic E-state index is 10.1. The van der Waals surface area contributed by atoms with E-state index in [4.69, 9.17) is 5.73 Å². The lowest BCUT2D eigenvalue weighted by molar-refractivity contribution is 0.173. The van der Waals surface area contributed by atoms with Crippen LogP contribution >= 0.6 is 0 Å². The van der Waals surface area contributed by atoms with Gasteiger partial charge in [0.05, 0.1) is 11.8 Å². The predicted octanol–water partition coefficient (Wildman–Crippen LogP) is 5.02. The molecule has 0 saturated carbocycles. The van der Waals surface area contributed by atoms with E-state index in [9.17, 15) is 5.11 Å². The van der Waals surface area contributed by atoms with Gasteiger partial charge < -0.3 is 16.2 Å². The minimum atomic E-state index is -0.509. The number of anilines is 3. The van der Waals surface area contributed by atoms with E-state index in [1.807, 2.05) is 43.3 Å². The lowest BCUT2D eigenvalue weighted by Crippen LogP contribution is -2.01. The van der Waals surface area contributed by atoms with Gasteiger partial charge in [-0.15, -0.1) is 0 Å². The van der Waals surface area contributed by atoms with Gasteiger partial charge in [0.1, 0.15) is 17.5 Å². The highest BCUT2D eigenvalue weighted by Gasteiger charge is 2.11. The highest BCUT2D eigenvalue weighted by molar-refractivity contribution is 5.94. The summed E-state index contributed by atoms with van der Waals surface area (Å²) >= 11 is 0. The highest BCUT2D eigenvalue weighted by Crippen LogP contribution is 2.30. The molecule has 1 atom stereocenters. The van der Waals surface area contributed by atoms with Crippen LogP contribution in [0.4, 0.5) is 17.5 Å². The Hall–Kier alpha value is -3.51. The van der Waals surface area contributed by atoms with Crippen molar-refractivity contribution >= 4 is 28.2 Å². The van der Waals surface area contributed by atoms with E-state index in [0.29, 0.717) is 23.9 Å². The first-order chi connectivity index (χ1) is 14.6. The van der Waals surface area contributed by atoms with E-state index in [1.165, 1.54) is 5.56 Å². The minimum absolute atomic E-state index is 0.457. The van der Waals surface area contributed by atoms with Crippen molar-refractivity contribution in [1.82, 2.24) is 15.0 Å². The third-order valence-corrected chi connectivity index (χ3v) is 5.23. The number of aryl methyl sites for hydroxylation is 1. The summed E-state index contributed by atoms with van der Waals surface area (Å²) in [6.07, 6.45) is 4.46. The molecule has 0 saturated heterocycles. The zero-order valence-electron chi connectivity index (χ0n) is 17.1. The molecule has 0 radical (unpaired) electrons. The molecule has 0 fully saturated rings. The van der Waals surface area contributed by atoms with Crippen LogP contribution in [-0.4, -0.2) is 20.1 Å². The summed E-state index contributed by atoms with van der Waals surface area (Å²) in [7, 11) is 0. The fourth-order valence-corrected chi connectivity index (χ4v) is 3.55. The second-order valence-corrected chi connectivity index (χ2v) is 7.22. The van der Waals surface area contributed by atoms with Gasteiger partial charge in [-0.3, -0.25) is 0 Å². The molecule has 0 aliphatic rings. The maximum absolute atomic E-state index is 10.1. The number of hydrogen-bond donors (Lipinski definition) is 3. The quantitative estimate of drug-likeness (QED) is 0.421. The van der Waals surface area contributed by atoms with Crippen LogP contribution in [-0.2, 0) is 6.42 Å². The number of pyridine rings is 3. The highest BCUT2D eigenvalue weighted by atomic mass is 16.3. The fraction of sp³-hybridized carbons (Fsp3) is 0.208. The first-order valence-electron chi connectivity index (χ1n) is 10.1. The first-order valence-corrected chi connectivity index (χ1v) is 10.1. The van der Waals surface area contributed by atoms with Crippen LogP contribution in [0.1, 0.15) is 37.5 Å². The molecule has 0 bridgehead atoms. The molecular weight excluding hydrogens is 374 g/mol. The average Bonchev–Trinajstić information content (AvgIpc) is 2.78. The predicted molar refractivity (Wildman–Crippen MR) is 122 cm³/mol. The third kappa shape index (κ3) is 3.95. The second-order valence-electron chi connectivity index (χ2n) is 7.22. The van der Waals surface area contributed by atoms with Crippen LogP contribution in [0.25, 0.3) is 22.0 Å². The number of fused-ring (bicyclic) bond motifs is 1. The number of nitrogens with two attached hydrogens (primary N) is 1. The number of nitrogens with zero attached hydrogens (tertiary/aromatic N) is 3. The second kappa shape index (κ2) is 8.47. The van der Waals surface area contributed by atoms with Crippen LogP contribution in [0.15, 0.2) is 60.9 Å². The average molecular weight is 399 g/mol. The monoisotopic (exact) mass is 399 g/mol. The smallest absolute Gasteiger partial charge is 0.133 e. The largest absolute Gasteiger partial charge is 0.388 e. The molecule has 30 heavy (non-hydrogen) atoms. The van der Waals surface area contributed by atoms with Crippen molar-refractivity contribution in [2.24, 2.45) is 0 Å². The maximum Gasteiger partial charge on any atom is 0.133 e. The van der Waals surface area contributed by atoms with Crippen LogP contribution in [0.5, 0.6) is 0 Å². The van der Waals surface area contributed by atoms with Crippen molar-refractivity contribution < 1.29 is 5.11 Å². The zero-order valence-corrected chi connectivity index (χ0v) is 17.1. The number of aliphatic hydroxyl groups excluding tert-OH is 1. The van der Waals surface area contributed by atoms with Crippen molar-refractivity contribution in [1.29, 1.82) is 0 Å². The molecule has 6 nitrogen and oxygen atoms in total. The summed E-state index contributed by atoms with van der Waals surface area (Å²) in [5.74, 6) is 1.74.